The van der Waals surface area contributed by atoms with Crippen LogP contribution in [0.5, 0.6) is 17.2 Å². The normalized spacial score (nSPS) is 10.4. The van der Waals surface area contributed by atoms with Crippen molar-refractivity contribution < 1.29 is 23.8 Å². The van der Waals surface area contributed by atoms with Crippen molar-refractivity contribution in [3.8, 4) is 17.2 Å². The first-order valence-electron chi connectivity index (χ1n) is 8.62. The molecule has 0 aliphatic carbocycles. The quantitative estimate of drug-likeness (QED) is 0.508. The van der Waals surface area contributed by atoms with Gasteiger partial charge in [-0.15, -0.1) is 0 Å². The number of amides is 2. The van der Waals surface area contributed by atoms with E-state index in [0.29, 0.717) is 29.4 Å². The van der Waals surface area contributed by atoms with Crippen molar-refractivity contribution in [1.29, 1.82) is 0 Å². The molecule has 0 unspecified atom stereocenters. The molecule has 0 aliphatic rings. The number of carbonyl (C=O) groups excluding carboxylic acids is 2. The molecular weight excluding hydrogens is 362 g/mol. The average molecular weight is 385 g/mol. The van der Waals surface area contributed by atoms with E-state index in [9.17, 15) is 9.59 Å². The zero-order valence-electron chi connectivity index (χ0n) is 16.0. The second-order valence-electron chi connectivity index (χ2n) is 5.55. The molecule has 8 nitrogen and oxygen atoms in total. The van der Waals surface area contributed by atoms with E-state index in [2.05, 4.69) is 15.8 Å². The Morgan fingerprint density at radius 1 is 1.04 bits per heavy atom. The number of hydrogen-bond donors (Lipinski definition) is 2. The third-order valence-corrected chi connectivity index (χ3v) is 3.65. The van der Waals surface area contributed by atoms with Crippen LogP contribution in [0.2, 0.25) is 0 Å². The second kappa shape index (κ2) is 10.6. The van der Waals surface area contributed by atoms with E-state index < -0.39 is 5.91 Å². The highest BCUT2D eigenvalue weighted by molar-refractivity contribution is 5.96. The molecule has 0 spiro atoms. The van der Waals surface area contributed by atoms with Crippen LogP contribution in [-0.4, -0.2) is 45.4 Å². The van der Waals surface area contributed by atoms with Crippen LogP contribution in [0.1, 0.15) is 22.8 Å². The van der Waals surface area contributed by atoms with Crippen LogP contribution in [0, 0.1) is 0 Å². The van der Waals surface area contributed by atoms with E-state index in [4.69, 9.17) is 14.2 Å². The first-order chi connectivity index (χ1) is 13.6. The number of benzene rings is 2. The molecule has 2 amide bonds. The second-order valence-corrected chi connectivity index (χ2v) is 5.55. The fraction of sp³-hybridized carbons (Fsp3) is 0.250. The van der Waals surface area contributed by atoms with Crippen molar-refractivity contribution in [1.82, 2.24) is 10.7 Å². The lowest BCUT2D eigenvalue weighted by atomic mass is 10.2. The van der Waals surface area contributed by atoms with Crippen molar-refractivity contribution in [2.75, 3.05) is 27.4 Å². The molecule has 0 atom stereocenters. The molecule has 8 heteroatoms. The summed E-state index contributed by atoms with van der Waals surface area (Å²) in [5, 5.41) is 6.40. The van der Waals surface area contributed by atoms with Crippen LogP contribution in [0.15, 0.2) is 47.6 Å². The van der Waals surface area contributed by atoms with E-state index >= 15 is 0 Å². The third-order valence-electron chi connectivity index (χ3n) is 3.65. The number of carbonyl (C=O) groups is 2. The number of ether oxygens (including phenoxy) is 3. The SMILES string of the molecule is CCOc1ccc(C(=O)NCC(=O)N/N=C\c2ccc(OC)c(OC)c2)cc1. The summed E-state index contributed by atoms with van der Waals surface area (Å²) in [6.45, 7) is 2.23. The molecule has 0 aliphatic heterocycles. The van der Waals surface area contributed by atoms with Gasteiger partial charge in [0.1, 0.15) is 5.75 Å². The number of hydrogen-bond acceptors (Lipinski definition) is 6. The van der Waals surface area contributed by atoms with Gasteiger partial charge in [0.25, 0.3) is 11.8 Å². The molecule has 0 bridgehead atoms. The minimum atomic E-state index is -0.448. The minimum Gasteiger partial charge on any atom is -0.494 e. The Balaban J connectivity index is 1.82. The van der Waals surface area contributed by atoms with Crippen LogP contribution >= 0.6 is 0 Å². The summed E-state index contributed by atoms with van der Waals surface area (Å²) in [7, 11) is 3.08. The van der Waals surface area contributed by atoms with Gasteiger partial charge in [-0.25, -0.2) is 5.43 Å². The Labute approximate surface area is 163 Å². The lowest BCUT2D eigenvalue weighted by Gasteiger charge is -2.07. The Hall–Kier alpha value is -3.55. The summed E-state index contributed by atoms with van der Waals surface area (Å²) in [4.78, 5) is 23.9. The minimum absolute atomic E-state index is 0.199. The number of rotatable bonds is 9. The van der Waals surface area contributed by atoms with E-state index in [1.54, 1.807) is 49.6 Å². The van der Waals surface area contributed by atoms with Gasteiger partial charge in [0, 0.05) is 5.56 Å². The summed E-state index contributed by atoms with van der Waals surface area (Å²) in [5.41, 5.74) is 3.51. The van der Waals surface area contributed by atoms with E-state index in [1.807, 2.05) is 6.92 Å². The van der Waals surface area contributed by atoms with Crippen LogP contribution in [0.3, 0.4) is 0 Å². The fourth-order valence-corrected chi connectivity index (χ4v) is 2.28. The van der Waals surface area contributed by atoms with Crippen molar-refractivity contribution in [3.05, 3.63) is 53.6 Å². The van der Waals surface area contributed by atoms with Crippen molar-refractivity contribution in [2.45, 2.75) is 6.92 Å². The van der Waals surface area contributed by atoms with Gasteiger partial charge >= 0.3 is 0 Å². The van der Waals surface area contributed by atoms with Crippen LogP contribution in [0.4, 0.5) is 0 Å². The smallest absolute Gasteiger partial charge is 0.259 e. The predicted molar refractivity (Wildman–Crippen MR) is 105 cm³/mol. The van der Waals surface area contributed by atoms with Gasteiger partial charge in [0.05, 0.1) is 33.6 Å². The van der Waals surface area contributed by atoms with Gasteiger partial charge in [0.2, 0.25) is 0 Å². The van der Waals surface area contributed by atoms with Gasteiger partial charge in [-0.05, 0) is 55.0 Å². The van der Waals surface area contributed by atoms with Gasteiger partial charge in [-0.2, -0.15) is 5.10 Å². The molecule has 0 aromatic heterocycles. The molecule has 28 heavy (non-hydrogen) atoms. The highest BCUT2D eigenvalue weighted by Gasteiger charge is 2.08. The number of methoxy groups -OCH3 is 2. The molecule has 0 saturated carbocycles. The maximum atomic E-state index is 12.0. The Bertz CT molecular complexity index is 834. The van der Waals surface area contributed by atoms with Crippen molar-refractivity contribution in [2.24, 2.45) is 5.10 Å². The monoisotopic (exact) mass is 385 g/mol. The number of hydrazone groups is 1. The van der Waals surface area contributed by atoms with Gasteiger partial charge in [-0.3, -0.25) is 9.59 Å². The standard InChI is InChI=1S/C20H23N3O5/c1-4-28-16-8-6-15(7-9-16)20(25)21-13-19(24)23-22-12-14-5-10-17(26-2)18(11-14)27-3/h5-12H,4,13H2,1-3H3,(H,21,25)(H,23,24)/b22-12-. The largest absolute Gasteiger partial charge is 0.494 e. The summed E-state index contributed by atoms with van der Waals surface area (Å²) < 4.78 is 15.7. The first-order valence-corrected chi connectivity index (χ1v) is 8.62. The van der Waals surface area contributed by atoms with E-state index in [1.165, 1.54) is 13.3 Å². The highest BCUT2D eigenvalue weighted by Crippen LogP contribution is 2.26. The summed E-state index contributed by atoms with van der Waals surface area (Å²) in [6, 6.07) is 11.9. The molecule has 0 heterocycles. The first kappa shape index (κ1) is 20.8. The van der Waals surface area contributed by atoms with Crippen molar-refractivity contribution in [3.63, 3.8) is 0 Å². The van der Waals surface area contributed by atoms with E-state index in [-0.39, 0.29) is 12.5 Å². The molecule has 148 valence electrons. The number of nitrogens with one attached hydrogen (secondary N) is 2. The fourth-order valence-electron chi connectivity index (χ4n) is 2.28. The summed E-state index contributed by atoms with van der Waals surface area (Å²) >= 11 is 0. The van der Waals surface area contributed by atoms with Crippen LogP contribution in [-0.2, 0) is 4.79 Å². The van der Waals surface area contributed by atoms with Gasteiger partial charge in [0.15, 0.2) is 11.5 Å². The van der Waals surface area contributed by atoms with E-state index in [0.717, 1.165) is 5.56 Å². The highest BCUT2D eigenvalue weighted by atomic mass is 16.5. The molecular formula is C20H23N3O5. The van der Waals surface area contributed by atoms with Crippen LogP contribution in [0.25, 0.3) is 0 Å². The molecule has 0 saturated heterocycles. The zero-order valence-corrected chi connectivity index (χ0v) is 16.0. The summed E-state index contributed by atoms with van der Waals surface area (Å²) in [5.74, 6) is 1.03. The Morgan fingerprint density at radius 2 is 1.75 bits per heavy atom. The Morgan fingerprint density at radius 3 is 2.39 bits per heavy atom. The molecule has 2 rings (SSSR count). The lowest BCUT2D eigenvalue weighted by molar-refractivity contribution is -0.120. The van der Waals surface area contributed by atoms with Crippen molar-refractivity contribution >= 4 is 18.0 Å². The van der Waals surface area contributed by atoms with Gasteiger partial charge < -0.3 is 19.5 Å². The number of nitrogens with zero attached hydrogens (tertiary/aromatic N) is 1. The average Bonchev–Trinajstić information content (AvgIpc) is 2.72. The summed E-state index contributed by atoms with van der Waals surface area (Å²) in [6.07, 6.45) is 1.47. The zero-order chi connectivity index (χ0) is 20.4. The predicted octanol–water partition coefficient (Wildman–Crippen LogP) is 1.98. The maximum Gasteiger partial charge on any atom is 0.259 e. The topological polar surface area (TPSA) is 98.2 Å². The molecule has 2 aromatic carbocycles. The molecule has 0 fully saturated rings. The maximum absolute atomic E-state index is 12.0. The van der Waals surface area contributed by atoms with Gasteiger partial charge in [-0.1, -0.05) is 0 Å². The molecule has 0 radical (unpaired) electrons. The lowest BCUT2D eigenvalue weighted by Crippen LogP contribution is -2.34. The third kappa shape index (κ3) is 6.01. The van der Waals surface area contributed by atoms with Crippen LogP contribution < -0.4 is 25.0 Å². The Kier molecular flexibility index (Phi) is 7.83. The molecule has 2 aromatic rings. The molecule has 2 N–H and O–H groups in total.